The summed E-state index contributed by atoms with van der Waals surface area (Å²) in [4.78, 5) is 2.02. The number of likely N-dealkylation sites (N-methyl/N-ethyl adjacent to an activating group) is 1. The number of ether oxygens (including phenoxy) is 1. The minimum Gasteiger partial charge on any atom is -0.496 e. The lowest BCUT2D eigenvalue weighted by molar-refractivity contribution is 0.153. The van der Waals surface area contributed by atoms with Crippen LogP contribution in [-0.4, -0.2) is 42.6 Å². The van der Waals surface area contributed by atoms with E-state index >= 15 is 0 Å². The molecule has 0 aromatic heterocycles. The molecule has 0 aliphatic rings. The van der Waals surface area contributed by atoms with Crippen LogP contribution in [0.5, 0.6) is 5.75 Å². The molecule has 1 aromatic rings. The van der Waals surface area contributed by atoms with Crippen LogP contribution in [0.1, 0.15) is 18.1 Å². The Labute approximate surface area is 108 Å². The second-order valence-electron chi connectivity index (χ2n) is 4.39. The van der Waals surface area contributed by atoms with Crippen LogP contribution in [0, 0.1) is 5.41 Å². The summed E-state index contributed by atoms with van der Waals surface area (Å²) >= 11 is 0. The Morgan fingerprint density at radius 2 is 2.22 bits per heavy atom. The number of nitrogens with zero attached hydrogens (tertiary/aromatic N) is 1. The van der Waals surface area contributed by atoms with Crippen molar-refractivity contribution in [1.29, 1.82) is 5.41 Å². The number of nitrogens with two attached hydrogens (primary N) is 1. The van der Waals surface area contributed by atoms with Crippen LogP contribution in [0.3, 0.4) is 0 Å². The average molecular weight is 251 g/mol. The first-order chi connectivity index (χ1) is 8.49. The second kappa shape index (κ2) is 6.37. The zero-order valence-electron chi connectivity index (χ0n) is 11.1. The van der Waals surface area contributed by atoms with Crippen molar-refractivity contribution in [1.82, 2.24) is 4.90 Å². The van der Waals surface area contributed by atoms with E-state index in [2.05, 4.69) is 0 Å². The van der Waals surface area contributed by atoms with Gasteiger partial charge in [-0.15, -0.1) is 0 Å². The predicted octanol–water partition coefficient (Wildman–Crippen LogP) is 0.792. The molecule has 0 amide bonds. The highest BCUT2D eigenvalue weighted by atomic mass is 16.5. The van der Waals surface area contributed by atoms with Gasteiger partial charge in [0.15, 0.2) is 0 Å². The fourth-order valence-corrected chi connectivity index (χ4v) is 1.63. The van der Waals surface area contributed by atoms with Crippen molar-refractivity contribution < 1.29 is 9.84 Å². The van der Waals surface area contributed by atoms with Crippen molar-refractivity contribution in [3.63, 3.8) is 0 Å². The summed E-state index contributed by atoms with van der Waals surface area (Å²) in [5.41, 5.74) is 7.11. The van der Waals surface area contributed by atoms with E-state index in [1.165, 1.54) is 0 Å². The van der Waals surface area contributed by atoms with Gasteiger partial charge in [-0.1, -0.05) is 0 Å². The highest BCUT2D eigenvalue weighted by Crippen LogP contribution is 2.21. The van der Waals surface area contributed by atoms with Crippen LogP contribution in [0.2, 0.25) is 0 Å². The summed E-state index contributed by atoms with van der Waals surface area (Å²) < 4.78 is 5.29. The quantitative estimate of drug-likeness (QED) is 0.515. The highest BCUT2D eigenvalue weighted by molar-refractivity contribution is 5.95. The third-order valence-electron chi connectivity index (χ3n) is 3.03. The maximum Gasteiger partial charge on any atom is 0.123 e. The van der Waals surface area contributed by atoms with Crippen LogP contribution in [0.15, 0.2) is 18.2 Å². The number of benzene rings is 1. The summed E-state index contributed by atoms with van der Waals surface area (Å²) in [6, 6.07) is 5.49. The average Bonchev–Trinajstić information content (AvgIpc) is 2.37. The van der Waals surface area contributed by atoms with Crippen molar-refractivity contribution in [3.8, 4) is 5.75 Å². The number of hydrogen-bond acceptors (Lipinski definition) is 4. The zero-order chi connectivity index (χ0) is 13.7. The molecule has 0 spiro atoms. The SMILES string of the molecule is COc1ccc(C(=N)N)cc1CN(C)C(C)CO. The number of hydrogen-bond donors (Lipinski definition) is 3. The molecule has 5 heteroatoms. The second-order valence-corrected chi connectivity index (χ2v) is 4.39. The molecule has 0 saturated carbocycles. The molecule has 0 aliphatic heterocycles. The van der Waals surface area contributed by atoms with Gasteiger partial charge < -0.3 is 15.6 Å². The Bertz CT molecular complexity index is 421. The molecule has 4 N–H and O–H groups in total. The van der Waals surface area contributed by atoms with Gasteiger partial charge in [0.25, 0.3) is 0 Å². The smallest absolute Gasteiger partial charge is 0.123 e. The van der Waals surface area contributed by atoms with Gasteiger partial charge in [0, 0.05) is 23.7 Å². The fourth-order valence-electron chi connectivity index (χ4n) is 1.63. The monoisotopic (exact) mass is 251 g/mol. The molecule has 1 atom stereocenters. The van der Waals surface area contributed by atoms with Crippen LogP contribution in [-0.2, 0) is 6.54 Å². The normalized spacial score (nSPS) is 12.5. The van der Waals surface area contributed by atoms with E-state index < -0.39 is 0 Å². The van der Waals surface area contributed by atoms with Crippen molar-refractivity contribution >= 4 is 5.84 Å². The Kier molecular flexibility index (Phi) is 5.12. The standard InChI is InChI=1S/C13H21N3O2/c1-9(8-17)16(2)7-11-6-10(13(14)15)4-5-12(11)18-3/h4-6,9,17H,7-8H2,1-3H3,(H3,14,15). The van der Waals surface area contributed by atoms with Gasteiger partial charge in [-0.3, -0.25) is 10.3 Å². The minimum atomic E-state index is 0.0387. The molecule has 0 saturated heterocycles. The lowest BCUT2D eigenvalue weighted by atomic mass is 10.1. The van der Waals surface area contributed by atoms with Crippen LogP contribution < -0.4 is 10.5 Å². The Morgan fingerprint density at radius 1 is 1.56 bits per heavy atom. The first kappa shape index (κ1) is 14.5. The largest absolute Gasteiger partial charge is 0.496 e. The maximum atomic E-state index is 9.13. The van der Waals surface area contributed by atoms with E-state index in [9.17, 15) is 0 Å². The highest BCUT2D eigenvalue weighted by Gasteiger charge is 2.12. The molecular formula is C13H21N3O2. The van der Waals surface area contributed by atoms with Gasteiger partial charge in [-0.2, -0.15) is 0 Å². The van der Waals surface area contributed by atoms with Gasteiger partial charge in [0.1, 0.15) is 11.6 Å². The lowest BCUT2D eigenvalue weighted by Crippen LogP contribution is -2.31. The third-order valence-corrected chi connectivity index (χ3v) is 3.03. The van der Waals surface area contributed by atoms with E-state index in [0.717, 1.165) is 11.3 Å². The van der Waals surface area contributed by atoms with E-state index in [1.54, 1.807) is 13.2 Å². The van der Waals surface area contributed by atoms with Crippen LogP contribution in [0.25, 0.3) is 0 Å². The van der Waals surface area contributed by atoms with Gasteiger partial charge in [0.05, 0.1) is 13.7 Å². The summed E-state index contributed by atoms with van der Waals surface area (Å²) in [6.07, 6.45) is 0. The topological polar surface area (TPSA) is 82.6 Å². The molecule has 0 bridgehead atoms. The van der Waals surface area contributed by atoms with Crippen molar-refractivity contribution in [3.05, 3.63) is 29.3 Å². The number of rotatable bonds is 6. The third kappa shape index (κ3) is 3.45. The van der Waals surface area contributed by atoms with Gasteiger partial charge >= 0.3 is 0 Å². The van der Waals surface area contributed by atoms with E-state index in [-0.39, 0.29) is 18.5 Å². The number of nitrogens with one attached hydrogen (secondary N) is 1. The molecule has 5 nitrogen and oxygen atoms in total. The maximum absolute atomic E-state index is 9.13. The summed E-state index contributed by atoms with van der Waals surface area (Å²) in [6.45, 7) is 2.68. The molecule has 0 aliphatic carbocycles. The van der Waals surface area contributed by atoms with Crippen LogP contribution >= 0.6 is 0 Å². The van der Waals surface area contributed by atoms with Gasteiger partial charge in [0.2, 0.25) is 0 Å². The number of nitrogen functional groups attached to an aromatic ring is 1. The summed E-state index contributed by atoms with van der Waals surface area (Å²) in [5, 5.41) is 16.6. The number of methoxy groups -OCH3 is 1. The Morgan fingerprint density at radius 3 is 2.72 bits per heavy atom. The zero-order valence-corrected chi connectivity index (χ0v) is 11.1. The fraction of sp³-hybridized carbons (Fsp3) is 0.462. The first-order valence-electron chi connectivity index (χ1n) is 5.82. The number of aliphatic hydroxyl groups excluding tert-OH is 1. The van der Waals surface area contributed by atoms with E-state index in [1.807, 2.05) is 31.0 Å². The molecule has 18 heavy (non-hydrogen) atoms. The molecule has 0 heterocycles. The predicted molar refractivity (Wildman–Crippen MR) is 72.0 cm³/mol. The molecule has 1 unspecified atom stereocenters. The lowest BCUT2D eigenvalue weighted by Gasteiger charge is -2.24. The molecule has 1 aromatic carbocycles. The van der Waals surface area contributed by atoms with Crippen molar-refractivity contribution in [2.45, 2.75) is 19.5 Å². The van der Waals surface area contributed by atoms with Gasteiger partial charge in [-0.25, -0.2) is 0 Å². The molecule has 100 valence electrons. The molecule has 0 fully saturated rings. The van der Waals surface area contributed by atoms with Gasteiger partial charge in [-0.05, 0) is 32.2 Å². The molecule has 1 rings (SSSR count). The Balaban J connectivity index is 2.97. The summed E-state index contributed by atoms with van der Waals surface area (Å²) in [5.74, 6) is 0.800. The van der Waals surface area contributed by atoms with E-state index in [4.69, 9.17) is 21.0 Å². The van der Waals surface area contributed by atoms with Crippen molar-refractivity contribution in [2.75, 3.05) is 20.8 Å². The van der Waals surface area contributed by atoms with Crippen molar-refractivity contribution in [2.24, 2.45) is 5.73 Å². The molecule has 0 radical (unpaired) electrons. The van der Waals surface area contributed by atoms with Crippen LogP contribution in [0.4, 0.5) is 0 Å². The number of amidine groups is 1. The minimum absolute atomic E-state index is 0.0387. The first-order valence-corrected chi connectivity index (χ1v) is 5.82. The molecular weight excluding hydrogens is 230 g/mol. The van der Waals surface area contributed by atoms with E-state index in [0.29, 0.717) is 12.1 Å². The number of aliphatic hydroxyl groups is 1. The summed E-state index contributed by atoms with van der Waals surface area (Å²) in [7, 11) is 3.54. The Hall–Kier alpha value is -1.59.